The van der Waals surface area contributed by atoms with Gasteiger partial charge in [-0.15, -0.1) is 0 Å². The van der Waals surface area contributed by atoms with Crippen molar-refractivity contribution in [3.05, 3.63) is 35.9 Å². The number of rotatable bonds is 5. The van der Waals surface area contributed by atoms with Gasteiger partial charge < -0.3 is 15.2 Å². The molecule has 24 heavy (non-hydrogen) atoms. The molecule has 0 saturated carbocycles. The Morgan fingerprint density at radius 3 is 2.08 bits per heavy atom. The van der Waals surface area contributed by atoms with E-state index in [0.29, 0.717) is 5.56 Å². The molecule has 0 aliphatic carbocycles. The molecule has 0 spiro atoms. The number of carboxylic acids is 1. The Kier molecular flexibility index (Phi) is 6.42. The first-order chi connectivity index (χ1) is 11.0. The molecule has 7 heteroatoms. The number of carbonyl (C=O) groups excluding carboxylic acids is 2. The molecule has 0 unspecified atom stereocenters. The predicted octanol–water partition coefficient (Wildman–Crippen LogP) is 3.16. The zero-order valence-corrected chi connectivity index (χ0v) is 15.3. The van der Waals surface area contributed by atoms with Crippen LogP contribution < -0.4 is 5.32 Å². The number of carboxylic acid groups (broad SMARTS) is 1. The predicted molar refractivity (Wildman–Crippen MR) is 92.9 cm³/mol. The maximum absolute atomic E-state index is 12.0. The third-order valence-electron chi connectivity index (χ3n) is 3.16. The van der Waals surface area contributed by atoms with Crippen molar-refractivity contribution in [2.75, 3.05) is 0 Å². The van der Waals surface area contributed by atoms with E-state index in [1.54, 1.807) is 58.0 Å². The molecule has 6 nitrogen and oxygen atoms in total. The third kappa shape index (κ3) is 5.56. The number of ether oxygens (including phenoxy) is 1. The van der Waals surface area contributed by atoms with Crippen LogP contribution >= 0.6 is 11.8 Å². The van der Waals surface area contributed by atoms with Crippen LogP contribution in [0.1, 0.15) is 40.2 Å². The Labute approximate surface area is 146 Å². The van der Waals surface area contributed by atoms with Crippen LogP contribution in [0.3, 0.4) is 0 Å². The SMILES string of the molecule is CC(=O)S[C@@](C)(c1ccccc1)[C@H](NC(=O)OC(C)(C)C)C(=O)O. The first kappa shape index (κ1) is 20.0. The smallest absolute Gasteiger partial charge is 0.408 e. The van der Waals surface area contributed by atoms with Crippen molar-refractivity contribution in [3.8, 4) is 0 Å². The Bertz CT molecular complexity index is 611. The lowest BCUT2D eigenvalue weighted by Crippen LogP contribution is -2.53. The van der Waals surface area contributed by atoms with Crippen molar-refractivity contribution >= 4 is 28.9 Å². The van der Waals surface area contributed by atoms with Crippen LogP contribution in [0.4, 0.5) is 4.79 Å². The van der Waals surface area contributed by atoms with E-state index in [0.717, 1.165) is 11.8 Å². The molecule has 2 atom stereocenters. The van der Waals surface area contributed by atoms with Gasteiger partial charge in [-0.2, -0.15) is 0 Å². The van der Waals surface area contributed by atoms with E-state index in [9.17, 15) is 19.5 Å². The normalized spacial score (nSPS) is 15.0. The largest absolute Gasteiger partial charge is 0.480 e. The van der Waals surface area contributed by atoms with Crippen molar-refractivity contribution in [1.82, 2.24) is 5.32 Å². The van der Waals surface area contributed by atoms with E-state index in [1.807, 2.05) is 0 Å². The number of nitrogens with one attached hydrogen (secondary N) is 1. The number of benzene rings is 1. The molecule has 1 rings (SSSR count). The topological polar surface area (TPSA) is 92.7 Å². The lowest BCUT2D eigenvalue weighted by atomic mass is 9.92. The molecule has 0 fully saturated rings. The van der Waals surface area contributed by atoms with Crippen molar-refractivity contribution in [2.24, 2.45) is 0 Å². The van der Waals surface area contributed by atoms with E-state index in [4.69, 9.17) is 4.74 Å². The highest BCUT2D eigenvalue weighted by Gasteiger charge is 2.44. The molecule has 1 amide bonds. The maximum Gasteiger partial charge on any atom is 0.408 e. The molecule has 0 bridgehead atoms. The molecule has 0 aromatic heterocycles. The van der Waals surface area contributed by atoms with E-state index < -0.39 is 28.5 Å². The summed E-state index contributed by atoms with van der Waals surface area (Å²) in [7, 11) is 0. The molecule has 1 aromatic rings. The van der Waals surface area contributed by atoms with Gasteiger partial charge in [0, 0.05) is 6.92 Å². The molecule has 1 aromatic carbocycles. The van der Waals surface area contributed by atoms with Crippen LogP contribution in [-0.4, -0.2) is 33.9 Å². The minimum atomic E-state index is -1.34. The Hall–Kier alpha value is -2.02. The molecule has 0 saturated heterocycles. The van der Waals surface area contributed by atoms with Crippen molar-refractivity contribution in [3.63, 3.8) is 0 Å². The van der Waals surface area contributed by atoms with E-state index >= 15 is 0 Å². The zero-order valence-electron chi connectivity index (χ0n) is 14.5. The molecule has 0 radical (unpaired) electrons. The fourth-order valence-electron chi connectivity index (χ4n) is 2.21. The number of amides is 1. The molecule has 0 aliphatic heterocycles. The van der Waals surface area contributed by atoms with Gasteiger partial charge in [-0.25, -0.2) is 9.59 Å². The third-order valence-corrected chi connectivity index (χ3v) is 4.34. The van der Waals surface area contributed by atoms with Crippen molar-refractivity contribution in [1.29, 1.82) is 0 Å². The Balaban J connectivity index is 3.22. The van der Waals surface area contributed by atoms with Crippen LogP contribution in [0.2, 0.25) is 0 Å². The van der Waals surface area contributed by atoms with Crippen LogP contribution in [-0.2, 0) is 19.1 Å². The summed E-state index contributed by atoms with van der Waals surface area (Å²) >= 11 is 0.861. The number of hydrogen-bond acceptors (Lipinski definition) is 5. The Morgan fingerprint density at radius 2 is 1.67 bits per heavy atom. The second-order valence-corrected chi connectivity index (χ2v) is 8.11. The summed E-state index contributed by atoms with van der Waals surface area (Å²) in [6.45, 7) is 8.03. The number of thioether (sulfide) groups is 1. The molecular formula is C17H23NO5S. The maximum atomic E-state index is 12.0. The van der Waals surface area contributed by atoms with Gasteiger partial charge in [0.25, 0.3) is 0 Å². The van der Waals surface area contributed by atoms with Gasteiger partial charge in [-0.05, 0) is 33.3 Å². The highest BCUT2D eigenvalue weighted by atomic mass is 32.2. The van der Waals surface area contributed by atoms with E-state index in [-0.39, 0.29) is 5.12 Å². The van der Waals surface area contributed by atoms with E-state index in [2.05, 4.69) is 5.32 Å². The van der Waals surface area contributed by atoms with Gasteiger partial charge in [-0.1, -0.05) is 42.1 Å². The van der Waals surface area contributed by atoms with Crippen LogP contribution in [0, 0.1) is 0 Å². The van der Waals surface area contributed by atoms with Gasteiger partial charge in [0.05, 0.1) is 4.75 Å². The molecule has 132 valence electrons. The summed E-state index contributed by atoms with van der Waals surface area (Å²) in [6.07, 6.45) is -0.846. The number of hydrogen-bond donors (Lipinski definition) is 2. The van der Waals surface area contributed by atoms with Gasteiger partial charge in [0.2, 0.25) is 0 Å². The summed E-state index contributed by atoms with van der Waals surface area (Å²) in [5.41, 5.74) is -0.141. The number of alkyl carbamates (subject to hydrolysis) is 1. The quantitative estimate of drug-likeness (QED) is 0.845. The Morgan fingerprint density at radius 1 is 1.12 bits per heavy atom. The molecule has 2 N–H and O–H groups in total. The molecular weight excluding hydrogens is 330 g/mol. The highest BCUT2D eigenvalue weighted by molar-refractivity contribution is 8.14. The number of aliphatic carboxylic acids is 1. The van der Waals surface area contributed by atoms with E-state index in [1.165, 1.54) is 6.92 Å². The molecule has 0 aliphatic rings. The first-order valence-corrected chi connectivity index (χ1v) is 8.25. The van der Waals surface area contributed by atoms with Gasteiger partial charge in [-0.3, -0.25) is 4.79 Å². The standard InChI is InChI=1S/C17H23NO5S/c1-11(19)24-17(5,12-9-7-6-8-10-12)13(14(20)21)18-15(22)23-16(2,3)4/h6-10,13H,1-5H3,(H,18,22)(H,20,21)/t13-,17+/m1/s1. The lowest BCUT2D eigenvalue weighted by molar-refractivity contribution is -0.140. The fourth-order valence-corrected chi connectivity index (χ4v) is 3.34. The minimum Gasteiger partial charge on any atom is -0.480 e. The minimum absolute atomic E-state index is 0.251. The average molecular weight is 353 g/mol. The molecule has 0 heterocycles. The summed E-state index contributed by atoms with van der Waals surface area (Å²) < 4.78 is 3.96. The zero-order chi connectivity index (χ0) is 18.5. The number of carbonyl (C=O) groups is 3. The first-order valence-electron chi connectivity index (χ1n) is 7.43. The highest BCUT2D eigenvalue weighted by Crippen LogP contribution is 2.40. The van der Waals surface area contributed by atoms with Crippen LogP contribution in [0.15, 0.2) is 30.3 Å². The lowest BCUT2D eigenvalue weighted by Gasteiger charge is -2.35. The monoisotopic (exact) mass is 353 g/mol. The summed E-state index contributed by atoms with van der Waals surface area (Å²) in [5, 5.41) is 11.8. The van der Waals surface area contributed by atoms with Gasteiger partial charge >= 0.3 is 12.1 Å². The van der Waals surface area contributed by atoms with Gasteiger partial charge in [0.1, 0.15) is 11.6 Å². The summed E-state index contributed by atoms with van der Waals surface area (Å²) in [6, 6.07) is 7.40. The second kappa shape index (κ2) is 7.70. The van der Waals surface area contributed by atoms with Crippen molar-refractivity contribution in [2.45, 2.75) is 51.0 Å². The average Bonchev–Trinajstić information content (AvgIpc) is 2.42. The van der Waals surface area contributed by atoms with Crippen LogP contribution in [0.5, 0.6) is 0 Å². The van der Waals surface area contributed by atoms with Crippen molar-refractivity contribution < 1.29 is 24.2 Å². The summed E-state index contributed by atoms with van der Waals surface area (Å²) in [4.78, 5) is 35.6. The van der Waals surface area contributed by atoms with Crippen LogP contribution in [0.25, 0.3) is 0 Å². The summed E-state index contributed by atoms with van der Waals surface area (Å²) in [5.74, 6) is -1.25. The second-order valence-electron chi connectivity index (χ2n) is 6.48. The van der Waals surface area contributed by atoms with Gasteiger partial charge in [0.15, 0.2) is 5.12 Å². The fraction of sp³-hybridized carbons (Fsp3) is 0.471.